The minimum absolute atomic E-state index is 0.328. The summed E-state index contributed by atoms with van der Waals surface area (Å²) in [5.74, 6) is 0.523. The van der Waals surface area contributed by atoms with E-state index >= 15 is 0 Å². The third kappa shape index (κ3) is 3.36. The summed E-state index contributed by atoms with van der Waals surface area (Å²) in [7, 11) is 0. The highest BCUT2D eigenvalue weighted by Crippen LogP contribution is 2.23. The van der Waals surface area contributed by atoms with Crippen molar-refractivity contribution in [2.75, 3.05) is 31.1 Å². The topological polar surface area (TPSA) is 86.3 Å². The predicted octanol–water partition coefficient (Wildman–Crippen LogP) is 1.30. The Kier molecular flexibility index (Phi) is 4.73. The molecule has 1 saturated heterocycles. The molecular weight excluding hydrogens is 302 g/mol. The molecule has 6 heteroatoms. The minimum atomic E-state index is -0.401. The van der Waals surface area contributed by atoms with Crippen LogP contribution in [0.3, 0.4) is 0 Å². The number of carbonyl (C=O) groups is 1. The molecule has 0 bridgehead atoms. The molecule has 0 radical (unpaired) electrons. The number of nitriles is 1. The van der Waals surface area contributed by atoms with Gasteiger partial charge in [0.05, 0.1) is 5.56 Å². The maximum atomic E-state index is 11.9. The molecule has 1 aromatic carbocycles. The van der Waals surface area contributed by atoms with Gasteiger partial charge < -0.3 is 10.6 Å². The van der Waals surface area contributed by atoms with Crippen LogP contribution in [0.15, 0.2) is 48.7 Å². The van der Waals surface area contributed by atoms with Crippen LogP contribution in [0.5, 0.6) is 0 Å². The number of benzene rings is 1. The number of primary amides is 1. The molecule has 3 rings (SSSR count). The number of hydrogen-bond acceptors (Lipinski definition) is 5. The highest BCUT2D eigenvalue weighted by molar-refractivity contribution is 5.81. The molecule has 24 heavy (non-hydrogen) atoms. The lowest BCUT2D eigenvalue weighted by Crippen LogP contribution is -2.50. The molecule has 0 spiro atoms. The van der Waals surface area contributed by atoms with Gasteiger partial charge in [-0.2, -0.15) is 5.26 Å². The monoisotopic (exact) mass is 321 g/mol. The first kappa shape index (κ1) is 16.0. The van der Waals surface area contributed by atoms with Crippen LogP contribution in [0.25, 0.3) is 0 Å². The number of amides is 1. The Bertz CT molecular complexity index is 730. The van der Waals surface area contributed by atoms with Crippen molar-refractivity contribution in [1.29, 1.82) is 5.26 Å². The molecule has 1 aromatic heterocycles. The lowest BCUT2D eigenvalue weighted by molar-refractivity contribution is -0.123. The number of anilines is 1. The van der Waals surface area contributed by atoms with E-state index in [1.54, 1.807) is 12.3 Å². The Morgan fingerprint density at radius 1 is 1.12 bits per heavy atom. The van der Waals surface area contributed by atoms with Crippen LogP contribution in [-0.4, -0.2) is 42.0 Å². The van der Waals surface area contributed by atoms with Crippen molar-refractivity contribution in [2.24, 2.45) is 5.73 Å². The molecule has 1 aliphatic heterocycles. The van der Waals surface area contributed by atoms with E-state index in [9.17, 15) is 4.79 Å². The Labute approximate surface area is 141 Å². The molecule has 6 nitrogen and oxygen atoms in total. The molecular formula is C18H19N5O. The molecule has 1 aliphatic rings. The summed E-state index contributed by atoms with van der Waals surface area (Å²) in [6.45, 7) is 2.97. The molecule has 2 heterocycles. The lowest BCUT2D eigenvalue weighted by Gasteiger charge is -2.38. The smallest absolute Gasteiger partial charge is 0.239 e. The Morgan fingerprint density at radius 3 is 2.38 bits per heavy atom. The van der Waals surface area contributed by atoms with E-state index in [1.165, 1.54) is 0 Å². The second kappa shape index (κ2) is 7.11. The highest BCUT2D eigenvalue weighted by atomic mass is 16.1. The van der Waals surface area contributed by atoms with Crippen molar-refractivity contribution in [1.82, 2.24) is 9.88 Å². The van der Waals surface area contributed by atoms with Gasteiger partial charge in [0.1, 0.15) is 17.9 Å². The zero-order valence-corrected chi connectivity index (χ0v) is 13.3. The molecule has 0 aliphatic carbocycles. The molecule has 2 aromatic rings. The second-order valence-corrected chi connectivity index (χ2v) is 5.76. The van der Waals surface area contributed by atoms with Gasteiger partial charge in [-0.15, -0.1) is 0 Å². The first-order valence-corrected chi connectivity index (χ1v) is 7.88. The van der Waals surface area contributed by atoms with Crippen LogP contribution in [-0.2, 0) is 4.79 Å². The number of piperazine rings is 1. The maximum absolute atomic E-state index is 11.9. The molecule has 0 saturated carbocycles. The van der Waals surface area contributed by atoms with E-state index in [0.717, 1.165) is 37.6 Å². The molecule has 0 unspecified atom stereocenters. The van der Waals surface area contributed by atoms with Gasteiger partial charge in [-0.25, -0.2) is 4.98 Å². The molecule has 1 fully saturated rings. The van der Waals surface area contributed by atoms with Crippen LogP contribution >= 0.6 is 0 Å². The fraction of sp³-hybridized carbons (Fsp3) is 0.278. The summed E-state index contributed by atoms with van der Waals surface area (Å²) in [5.41, 5.74) is 7.12. The van der Waals surface area contributed by atoms with Crippen LogP contribution in [0, 0.1) is 11.3 Å². The zero-order valence-electron chi connectivity index (χ0n) is 13.3. The van der Waals surface area contributed by atoms with Crippen LogP contribution < -0.4 is 10.6 Å². The van der Waals surface area contributed by atoms with E-state index < -0.39 is 6.04 Å². The van der Waals surface area contributed by atoms with Gasteiger partial charge in [0, 0.05) is 32.4 Å². The van der Waals surface area contributed by atoms with Gasteiger partial charge in [0.2, 0.25) is 5.91 Å². The van der Waals surface area contributed by atoms with Crippen molar-refractivity contribution in [3.63, 3.8) is 0 Å². The maximum Gasteiger partial charge on any atom is 0.239 e. The van der Waals surface area contributed by atoms with Crippen molar-refractivity contribution >= 4 is 11.7 Å². The number of aromatic nitrogens is 1. The molecule has 122 valence electrons. The number of rotatable bonds is 4. The average Bonchev–Trinajstić information content (AvgIpc) is 2.63. The number of nitrogens with two attached hydrogens (primary N) is 1. The van der Waals surface area contributed by atoms with Crippen LogP contribution in [0.1, 0.15) is 17.2 Å². The Balaban J connectivity index is 1.69. The molecule has 1 amide bonds. The number of hydrogen-bond donors (Lipinski definition) is 1. The average molecular weight is 321 g/mol. The standard InChI is InChI=1S/C18H19N5O/c19-12-14-6-7-16(21-13-14)22-8-10-23(11-9-22)17(18(20)24)15-4-2-1-3-5-15/h1-7,13,17H,8-11H2,(H2,20,24)/t17-/m0/s1. The Hall–Kier alpha value is -2.91. The number of pyridine rings is 1. The van der Waals surface area contributed by atoms with Gasteiger partial charge in [0.25, 0.3) is 0 Å². The van der Waals surface area contributed by atoms with Crippen LogP contribution in [0.4, 0.5) is 5.82 Å². The minimum Gasteiger partial charge on any atom is -0.368 e. The highest BCUT2D eigenvalue weighted by Gasteiger charge is 2.29. The summed E-state index contributed by atoms with van der Waals surface area (Å²) < 4.78 is 0. The molecule has 2 N–H and O–H groups in total. The summed E-state index contributed by atoms with van der Waals surface area (Å²) in [6.07, 6.45) is 1.58. The SMILES string of the molecule is N#Cc1ccc(N2CCN([C@H](C(N)=O)c3ccccc3)CC2)nc1. The van der Waals surface area contributed by atoms with Crippen LogP contribution in [0.2, 0.25) is 0 Å². The van der Waals surface area contributed by atoms with E-state index in [-0.39, 0.29) is 5.91 Å². The van der Waals surface area contributed by atoms with E-state index in [2.05, 4.69) is 20.9 Å². The second-order valence-electron chi connectivity index (χ2n) is 5.76. The third-order valence-corrected chi connectivity index (χ3v) is 4.27. The van der Waals surface area contributed by atoms with E-state index in [1.807, 2.05) is 36.4 Å². The first-order valence-electron chi connectivity index (χ1n) is 7.88. The fourth-order valence-corrected chi connectivity index (χ4v) is 3.04. The van der Waals surface area contributed by atoms with Gasteiger partial charge >= 0.3 is 0 Å². The lowest BCUT2D eigenvalue weighted by atomic mass is 10.0. The number of nitrogens with zero attached hydrogens (tertiary/aromatic N) is 4. The largest absolute Gasteiger partial charge is 0.368 e. The van der Waals surface area contributed by atoms with Crippen molar-refractivity contribution < 1.29 is 4.79 Å². The summed E-state index contributed by atoms with van der Waals surface area (Å²) in [5, 5.41) is 8.84. The summed E-state index contributed by atoms with van der Waals surface area (Å²) in [6, 6.07) is 14.9. The summed E-state index contributed by atoms with van der Waals surface area (Å²) >= 11 is 0. The normalized spacial score (nSPS) is 16.4. The Morgan fingerprint density at radius 2 is 1.83 bits per heavy atom. The van der Waals surface area contributed by atoms with E-state index in [0.29, 0.717) is 5.56 Å². The first-order chi connectivity index (χ1) is 11.7. The quantitative estimate of drug-likeness (QED) is 0.917. The van der Waals surface area contributed by atoms with Gasteiger partial charge in [-0.1, -0.05) is 30.3 Å². The fourth-order valence-electron chi connectivity index (χ4n) is 3.04. The molecule has 1 atom stereocenters. The zero-order chi connectivity index (χ0) is 16.9. The number of carbonyl (C=O) groups excluding carboxylic acids is 1. The van der Waals surface area contributed by atoms with Gasteiger partial charge in [-0.05, 0) is 17.7 Å². The van der Waals surface area contributed by atoms with Crippen molar-refractivity contribution in [2.45, 2.75) is 6.04 Å². The van der Waals surface area contributed by atoms with Gasteiger partial charge in [-0.3, -0.25) is 9.69 Å². The van der Waals surface area contributed by atoms with Gasteiger partial charge in [0.15, 0.2) is 0 Å². The van der Waals surface area contributed by atoms with Crippen molar-refractivity contribution in [3.05, 3.63) is 59.8 Å². The van der Waals surface area contributed by atoms with Crippen molar-refractivity contribution in [3.8, 4) is 6.07 Å². The summed E-state index contributed by atoms with van der Waals surface area (Å²) in [4.78, 5) is 20.5. The predicted molar refractivity (Wildman–Crippen MR) is 91.1 cm³/mol. The third-order valence-electron chi connectivity index (χ3n) is 4.27. The van der Waals surface area contributed by atoms with E-state index in [4.69, 9.17) is 11.0 Å².